The molecule has 0 amide bonds. The van der Waals surface area contributed by atoms with Gasteiger partial charge in [-0.25, -0.2) is 0 Å². The maximum Gasteiger partial charge on any atom is 0.221 e. The third kappa shape index (κ3) is 2.85. The summed E-state index contributed by atoms with van der Waals surface area (Å²) in [5.74, 6) is -1.90. The van der Waals surface area contributed by atoms with Gasteiger partial charge in [-0.05, 0) is 6.42 Å². The molecule has 11 heavy (non-hydrogen) atoms. The van der Waals surface area contributed by atoms with Crippen LogP contribution in [0.2, 0.25) is 0 Å². The summed E-state index contributed by atoms with van der Waals surface area (Å²) >= 11 is 0. The largest absolute Gasteiger partial charge is 0.353 e. The van der Waals surface area contributed by atoms with Crippen LogP contribution in [0.25, 0.3) is 0 Å². The van der Waals surface area contributed by atoms with Gasteiger partial charge in [0.15, 0.2) is 0 Å². The first-order valence-electron chi connectivity index (χ1n) is 3.73. The molecule has 3 N–H and O–H groups in total. The zero-order valence-electron chi connectivity index (χ0n) is 6.38. The summed E-state index contributed by atoms with van der Waals surface area (Å²) in [6, 6.07) is 0. The van der Waals surface area contributed by atoms with Gasteiger partial charge in [-0.2, -0.15) is 0 Å². The lowest BCUT2D eigenvalue weighted by Gasteiger charge is -2.32. The highest BCUT2D eigenvalue weighted by Crippen LogP contribution is 2.20. The number of hydrogen-bond acceptors (Lipinski definition) is 3. The molecule has 0 aromatic rings. The van der Waals surface area contributed by atoms with Crippen LogP contribution in [-0.4, -0.2) is 37.2 Å². The zero-order valence-corrected chi connectivity index (χ0v) is 6.38. The Morgan fingerprint density at radius 3 is 2.27 bits per heavy atom. The number of aliphatic hydroxyl groups is 2. The van der Waals surface area contributed by atoms with E-state index in [2.05, 4.69) is 5.32 Å². The van der Waals surface area contributed by atoms with E-state index in [1.165, 1.54) is 0 Å². The molecule has 0 aromatic heterocycles. The predicted octanol–water partition coefficient (Wildman–Crippen LogP) is -1.22. The van der Waals surface area contributed by atoms with Gasteiger partial charge < -0.3 is 10.2 Å². The zero-order chi connectivity index (χ0) is 8.54. The monoisotopic (exact) mass is 151 g/mol. The molecule has 3 nitrogen and oxygen atoms in total. The van der Waals surface area contributed by atoms with Crippen LogP contribution < -0.4 is 5.32 Å². The molecule has 5 heteroatoms. The second-order valence-electron chi connectivity index (χ2n) is 3.19. The Kier molecular flexibility index (Phi) is 2.32. The average molecular weight is 151 g/mol. The van der Waals surface area contributed by atoms with E-state index in [-0.39, 0.29) is 6.42 Å². The molecular weight excluding hydrogens is 140 g/mol. The standard InChI is InChI=1S/C6H11B2NO2/c7-5(8)3-1-2-4-6(10,11)9-5/h9-11H,1-4H2. The van der Waals surface area contributed by atoms with Crippen molar-refractivity contribution in [2.45, 2.75) is 36.9 Å². The number of rotatable bonds is 0. The summed E-state index contributed by atoms with van der Waals surface area (Å²) in [7, 11) is 11.0. The summed E-state index contributed by atoms with van der Waals surface area (Å²) in [5.41, 5.74) is 0. The quantitative estimate of drug-likeness (QED) is 0.300. The molecule has 1 fully saturated rings. The summed E-state index contributed by atoms with van der Waals surface area (Å²) < 4.78 is 0. The first-order valence-corrected chi connectivity index (χ1v) is 3.73. The van der Waals surface area contributed by atoms with Crippen molar-refractivity contribution in [2.24, 2.45) is 0 Å². The Balaban J connectivity index is 2.62. The highest BCUT2D eigenvalue weighted by Gasteiger charge is 2.32. The fraction of sp³-hybridized carbons (Fsp3) is 1.00. The van der Waals surface area contributed by atoms with Gasteiger partial charge in [0.25, 0.3) is 0 Å². The molecule has 1 saturated heterocycles. The smallest absolute Gasteiger partial charge is 0.221 e. The van der Waals surface area contributed by atoms with Gasteiger partial charge in [0.1, 0.15) is 0 Å². The molecule has 0 bridgehead atoms. The van der Waals surface area contributed by atoms with E-state index in [1.807, 2.05) is 0 Å². The topological polar surface area (TPSA) is 52.5 Å². The SMILES string of the molecule is [B]C1([B])CCCCC(O)(O)N1. The van der Waals surface area contributed by atoms with E-state index < -0.39 is 11.2 Å². The lowest BCUT2D eigenvalue weighted by Crippen LogP contribution is -2.58. The molecule has 4 radical (unpaired) electrons. The summed E-state index contributed by atoms with van der Waals surface area (Å²) in [6.07, 6.45) is 2.35. The van der Waals surface area contributed by atoms with Crippen LogP contribution in [0.5, 0.6) is 0 Å². The van der Waals surface area contributed by atoms with Gasteiger partial charge in [0.05, 0.1) is 15.7 Å². The van der Waals surface area contributed by atoms with Gasteiger partial charge in [-0.1, -0.05) is 18.2 Å². The van der Waals surface area contributed by atoms with Gasteiger partial charge in [-0.15, -0.1) is 0 Å². The fourth-order valence-electron chi connectivity index (χ4n) is 1.29. The highest BCUT2D eigenvalue weighted by atomic mass is 16.5. The number of nitrogens with one attached hydrogen (secondary N) is 1. The average Bonchev–Trinajstić information content (AvgIpc) is 1.86. The third-order valence-electron chi connectivity index (χ3n) is 1.80. The van der Waals surface area contributed by atoms with Crippen LogP contribution in [0.15, 0.2) is 0 Å². The molecule has 0 atom stereocenters. The molecule has 0 aliphatic carbocycles. The normalized spacial score (nSPS) is 29.3. The minimum Gasteiger partial charge on any atom is -0.353 e. The van der Waals surface area contributed by atoms with E-state index >= 15 is 0 Å². The van der Waals surface area contributed by atoms with Crippen molar-refractivity contribution in [3.05, 3.63) is 0 Å². The maximum atomic E-state index is 9.17. The maximum absolute atomic E-state index is 9.17. The Hall–Kier alpha value is 0.00987. The second kappa shape index (κ2) is 2.81. The Bertz CT molecular complexity index is 134. The highest BCUT2D eigenvalue weighted by molar-refractivity contribution is 6.40. The minimum atomic E-state index is -1.90. The molecular formula is C6H11B2NO2. The lowest BCUT2D eigenvalue weighted by molar-refractivity contribution is -0.191. The van der Waals surface area contributed by atoms with Crippen LogP contribution in [0.3, 0.4) is 0 Å². The fourth-order valence-corrected chi connectivity index (χ4v) is 1.29. The molecule has 1 heterocycles. The van der Waals surface area contributed by atoms with Crippen molar-refractivity contribution >= 4 is 15.7 Å². The van der Waals surface area contributed by atoms with E-state index in [9.17, 15) is 10.2 Å². The van der Waals surface area contributed by atoms with Crippen LogP contribution in [0.1, 0.15) is 25.7 Å². The van der Waals surface area contributed by atoms with Gasteiger partial charge >= 0.3 is 0 Å². The minimum absolute atomic E-state index is 0.267. The summed E-state index contributed by atoms with van der Waals surface area (Å²) in [5, 5.41) is 19.6. The van der Waals surface area contributed by atoms with E-state index in [1.54, 1.807) is 0 Å². The van der Waals surface area contributed by atoms with Crippen molar-refractivity contribution in [1.82, 2.24) is 5.32 Å². The molecule has 0 saturated carbocycles. The lowest BCUT2D eigenvalue weighted by atomic mass is 9.60. The molecule has 0 spiro atoms. The van der Waals surface area contributed by atoms with Gasteiger partial charge in [-0.3, -0.25) is 5.32 Å². The Labute approximate surface area is 69.0 Å². The van der Waals surface area contributed by atoms with Crippen LogP contribution in [0, 0.1) is 0 Å². The molecule has 1 aliphatic heterocycles. The van der Waals surface area contributed by atoms with Crippen molar-refractivity contribution < 1.29 is 10.2 Å². The third-order valence-corrected chi connectivity index (χ3v) is 1.80. The molecule has 0 unspecified atom stereocenters. The first kappa shape index (κ1) is 9.10. The number of hydrogen-bond donors (Lipinski definition) is 3. The van der Waals surface area contributed by atoms with Crippen LogP contribution in [0.4, 0.5) is 0 Å². The van der Waals surface area contributed by atoms with E-state index in [4.69, 9.17) is 15.7 Å². The summed E-state index contributed by atoms with van der Waals surface area (Å²) in [4.78, 5) is 0. The first-order chi connectivity index (χ1) is 4.91. The van der Waals surface area contributed by atoms with Crippen LogP contribution >= 0.6 is 0 Å². The second-order valence-corrected chi connectivity index (χ2v) is 3.19. The van der Waals surface area contributed by atoms with Crippen molar-refractivity contribution in [3.63, 3.8) is 0 Å². The Morgan fingerprint density at radius 1 is 1.09 bits per heavy atom. The van der Waals surface area contributed by atoms with Gasteiger partial charge in [0.2, 0.25) is 5.91 Å². The molecule has 1 aliphatic rings. The molecule has 1 rings (SSSR count). The Morgan fingerprint density at radius 2 is 1.64 bits per heavy atom. The van der Waals surface area contributed by atoms with Crippen molar-refractivity contribution in [2.75, 3.05) is 0 Å². The molecule has 0 aromatic carbocycles. The summed E-state index contributed by atoms with van der Waals surface area (Å²) in [6.45, 7) is 0. The van der Waals surface area contributed by atoms with Gasteiger partial charge in [0, 0.05) is 6.42 Å². The van der Waals surface area contributed by atoms with Crippen molar-refractivity contribution in [3.8, 4) is 0 Å². The van der Waals surface area contributed by atoms with E-state index in [0.29, 0.717) is 6.42 Å². The predicted molar refractivity (Wildman–Crippen MR) is 43.0 cm³/mol. The van der Waals surface area contributed by atoms with E-state index in [0.717, 1.165) is 12.8 Å². The van der Waals surface area contributed by atoms with Crippen molar-refractivity contribution in [1.29, 1.82) is 0 Å². The van der Waals surface area contributed by atoms with Crippen LogP contribution in [-0.2, 0) is 0 Å². The molecule has 58 valence electrons.